The summed E-state index contributed by atoms with van der Waals surface area (Å²) in [6.07, 6.45) is 2.91. The lowest BCUT2D eigenvalue weighted by Gasteiger charge is -2.32. The molecule has 1 aromatic carbocycles. The monoisotopic (exact) mass is 328 g/mol. The molecular weight excluding hydrogens is 307 g/mol. The van der Waals surface area contributed by atoms with E-state index in [1.54, 1.807) is 4.90 Å². The second-order valence-electron chi connectivity index (χ2n) is 5.81. The van der Waals surface area contributed by atoms with Crippen LogP contribution in [0.5, 0.6) is 0 Å². The van der Waals surface area contributed by atoms with Gasteiger partial charge in [-0.25, -0.2) is 12.8 Å². The van der Waals surface area contributed by atoms with E-state index in [0.717, 1.165) is 23.4 Å². The number of anilines is 1. The van der Waals surface area contributed by atoms with Crippen LogP contribution in [0, 0.1) is 11.7 Å². The molecule has 1 heterocycles. The predicted octanol–water partition coefficient (Wildman–Crippen LogP) is 1.85. The van der Waals surface area contributed by atoms with Crippen LogP contribution in [0.25, 0.3) is 0 Å². The van der Waals surface area contributed by atoms with Crippen molar-refractivity contribution in [2.24, 2.45) is 5.92 Å². The molecule has 7 heteroatoms. The molecule has 0 unspecified atom stereocenters. The maximum atomic E-state index is 13.0. The summed E-state index contributed by atoms with van der Waals surface area (Å²) in [5, 5.41) is 0. The first kappa shape index (κ1) is 16.7. The van der Waals surface area contributed by atoms with Crippen molar-refractivity contribution in [1.29, 1.82) is 0 Å². The molecule has 0 spiro atoms. The van der Waals surface area contributed by atoms with Crippen molar-refractivity contribution in [2.45, 2.75) is 19.8 Å². The zero-order valence-corrected chi connectivity index (χ0v) is 13.6. The van der Waals surface area contributed by atoms with Gasteiger partial charge in [0.15, 0.2) is 0 Å². The smallest absolute Gasteiger partial charge is 0.243 e. The van der Waals surface area contributed by atoms with Crippen molar-refractivity contribution in [3.63, 3.8) is 0 Å². The number of hydrogen-bond donors (Lipinski definition) is 0. The normalized spacial score (nSPS) is 16.6. The highest BCUT2D eigenvalue weighted by Gasteiger charge is 2.26. The molecule has 122 valence electrons. The summed E-state index contributed by atoms with van der Waals surface area (Å²) in [6, 6.07) is 5.09. The van der Waals surface area contributed by atoms with E-state index in [4.69, 9.17) is 0 Å². The van der Waals surface area contributed by atoms with E-state index in [2.05, 4.69) is 6.92 Å². The summed E-state index contributed by atoms with van der Waals surface area (Å²) in [4.78, 5) is 14.0. The van der Waals surface area contributed by atoms with Crippen molar-refractivity contribution < 1.29 is 17.6 Å². The molecule has 1 aromatic rings. The Labute approximate surface area is 130 Å². The van der Waals surface area contributed by atoms with Crippen LogP contribution in [-0.4, -0.2) is 45.1 Å². The highest BCUT2D eigenvalue weighted by Crippen LogP contribution is 2.20. The summed E-state index contributed by atoms with van der Waals surface area (Å²) in [5.74, 6) is -0.0812. The molecule has 0 aliphatic carbocycles. The molecule has 0 bridgehead atoms. The summed E-state index contributed by atoms with van der Waals surface area (Å²) in [5.41, 5.74) is 0.294. The molecule has 1 fully saturated rings. The van der Waals surface area contributed by atoms with Crippen LogP contribution in [0.2, 0.25) is 0 Å². The van der Waals surface area contributed by atoms with E-state index in [1.807, 2.05) is 0 Å². The Bertz CT molecular complexity index is 623. The largest absolute Gasteiger partial charge is 0.341 e. The number of rotatable bonds is 4. The fourth-order valence-electron chi connectivity index (χ4n) is 2.49. The van der Waals surface area contributed by atoms with Crippen LogP contribution >= 0.6 is 0 Å². The Kier molecular flexibility index (Phi) is 5.05. The molecule has 5 nitrogen and oxygen atoms in total. The molecule has 0 radical (unpaired) electrons. The van der Waals surface area contributed by atoms with E-state index in [9.17, 15) is 17.6 Å². The van der Waals surface area contributed by atoms with Gasteiger partial charge in [0.1, 0.15) is 12.4 Å². The van der Waals surface area contributed by atoms with Gasteiger partial charge >= 0.3 is 0 Å². The number of hydrogen-bond acceptors (Lipinski definition) is 3. The highest BCUT2D eigenvalue weighted by atomic mass is 32.2. The molecule has 1 saturated heterocycles. The highest BCUT2D eigenvalue weighted by molar-refractivity contribution is 7.92. The first-order valence-electron chi connectivity index (χ1n) is 7.28. The first-order valence-corrected chi connectivity index (χ1v) is 9.13. The number of likely N-dealkylation sites (tertiary alicyclic amines) is 1. The number of amides is 1. The molecule has 2 rings (SSSR count). The molecular formula is C15H21FN2O3S. The Morgan fingerprint density at radius 1 is 1.27 bits per heavy atom. The Hall–Kier alpha value is -1.63. The van der Waals surface area contributed by atoms with Crippen LogP contribution < -0.4 is 4.31 Å². The standard InChI is InChI=1S/C15H21FN2O3S/c1-12-7-9-17(10-8-12)15(19)11-18(22(2,20)21)14-5-3-13(16)4-6-14/h3-6,12H,7-11H2,1-2H3. The van der Waals surface area contributed by atoms with Gasteiger partial charge in [0.05, 0.1) is 11.9 Å². The number of halogens is 1. The number of nitrogens with zero attached hydrogens (tertiary/aromatic N) is 2. The van der Waals surface area contributed by atoms with Crippen LogP contribution in [0.3, 0.4) is 0 Å². The molecule has 1 aliphatic heterocycles. The van der Waals surface area contributed by atoms with Gasteiger partial charge in [0.25, 0.3) is 0 Å². The lowest BCUT2D eigenvalue weighted by atomic mass is 9.99. The van der Waals surface area contributed by atoms with Gasteiger partial charge in [-0.15, -0.1) is 0 Å². The zero-order valence-electron chi connectivity index (χ0n) is 12.8. The average Bonchev–Trinajstić information content (AvgIpc) is 2.45. The van der Waals surface area contributed by atoms with Gasteiger partial charge in [-0.1, -0.05) is 6.92 Å². The van der Waals surface area contributed by atoms with Crippen molar-refractivity contribution >= 4 is 21.6 Å². The number of sulfonamides is 1. The van der Waals surface area contributed by atoms with Gasteiger partial charge in [-0.05, 0) is 43.0 Å². The second-order valence-corrected chi connectivity index (χ2v) is 7.72. The number of benzene rings is 1. The Balaban J connectivity index is 2.14. The quantitative estimate of drug-likeness (QED) is 0.847. The first-order chi connectivity index (χ1) is 10.3. The van der Waals surface area contributed by atoms with E-state index >= 15 is 0 Å². The lowest BCUT2D eigenvalue weighted by molar-refractivity contribution is -0.130. The minimum Gasteiger partial charge on any atom is -0.341 e. The Morgan fingerprint density at radius 2 is 1.82 bits per heavy atom. The molecule has 22 heavy (non-hydrogen) atoms. The van der Waals surface area contributed by atoms with Crippen molar-refractivity contribution in [2.75, 3.05) is 30.2 Å². The SMILES string of the molecule is CC1CCN(C(=O)CN(c2ccc(F)cc2)S(C)(=O)=O)CC1. The van der Waals surface area contributed by atoms with E-state index in [0.29, 0.717) is 24.7 Å². The molecule has 0 saturated carbocycles. The van der Waals surface area contributed by atoms with Gasteiger partial charge in [-0.2, -0.15) is 0 Å². The lowest BCUT2D eigenvalue weighted by Crippen LogP contribution is -2.45. The predicted molar refractivity (Wildman–Crippen MR) is 83.6 cm³/mol. The third-order valence-corrected chi connectivity index (χ3v) is 5.07. The van der Waals surface area contributed by atoms with Crippen LogP contribution in [-0.2, 0) is 14.8 Å². The van der Waals surface area contributed by atoms with Crippen LogP contribution in [0.15, 0.2) is 24.3 Å². The third kappa shape index (κ3) is 4.19. The average molecular weight is 328 g/mol. The summed E-state index contributed by atoms with van der Waals surface area (Å²) in [6.45, 7) is 3.20. The third-order valence-electron chi connectivity index (χ3n) is 3.93. The fourth-order valence-corrected chi connectivity index (χ4v) is 3.34. The van der Waals surface area contributed by atoms with Crippen molar-refractivity contribution in [3.8, 4) is 0 Å². The summed E-state index contributed by atoms with van der Waals surface area (Å²) in [7, 11) is -3.61. The van der Waals surface area contributed by atoms with Gasteiger partial charge < -0.3 is 4.90 Å². The molecule has 1 amide bonds. The maximum Gasteiger partial charge on any atom is 0.243 e. The van der Waals surface area contributed by atoms with Gasteiger partial charge in [0.2, 0.25) is 15.9 Å². The molecule has 0 N–H and O–H groups in total. The minimum absolute atomic E-state index is 0.221. The van der Waals surface area contributed by atoms with Gasteiger partial charge in [-0.3, -0.25) is 9.10 Å². The molecule has 0 aromatic heterocycles. The zero-order chi connectivity index (χ0) is 16.3. The van der Waals surface area contributed by atoms with Crippen molar-refractivity contribution in [3.05, 3.63) is 30.1 Å². The molecule has 1 aliphatic rings. The summed E-state index contributed by atoms with van der Waals surface area (Å²) >= 11 is 0. The van der Waals surface area contributed by atoms with Crippen molar-refractivity contribution in [1.82, 2.24) is 4.90 Å². The van der Waals surface area contributed by atoms with E-state index in [-0.39, 0.29) is 12.5 Å². The Morgan fingerprint density at radius 3 is 2.32 bits per heavy atom. The summed E-state index contributed by atoms with van der Waals surface area (Å²) < 4.78 is 37.9. The second kappa shape index (κ2) is 6.64. The van der Waals surface area contributed by atoms with Crippen LogP contribution in [0.1, 0.15) is 19.8 Å². The maximum absolute atomic E-state index is 13.0. The minimum atomic E-state index is -3.61. The number of piperidine rings is 1. The fraction of sp³-hybridized carbons (Fsp3) is 0.533. The van der Waals surface area contributed by atoms with E-state index < -0.39 is 15.8 Å². The molecule has 0 atom stereocenters. The van der Waals surface area contributed by atoms with Gasteiger partial charge in [0, 0.05) is 13.1 Å². The number of carbonyl (C=O) groups excluding carboxylic acids is 1. The van der Waals surface area contributed by atoms with Crippen LogP contribution in [0.4, 0.5) is 10.1 Å². The number of carbonyl (C=O) groups is 1. The van der Waals surface area contributed by atoms with E-state index in [1.165, 1.54) is 24.3 Å². The topological polar surface area (TPSA) is 57.7 Å².